The van der Waals surface area contributed by atoms with Crippen molar-refractivity contribution in [2.45, 2.75) is 145 Å². The van der Waals surface area contributed by atoms with Gasteiger partial charge in [0.25, 0.3) is 0 Å². The molecule has 3 aliphatic rings. The molecule has 0 aromatic carbocycles. The van der Waals surface area contributed by atoms with Crippen molar-refractivity contribution >= 4 is 77.2 Å². The van der Waals surface area contributed by atoms with E-state index in [9.17, 15) is 14.4 Å². The first-order valence-corrected chi connectivity index (χ1v) is 24.0. The van der Waals surface area contributed by atoms with Crippen LogP contribution >= 0.6 is 0 Å². The van der Waals surface area contributed by atoms with Gasteiger partial charge in [-0.15, -0.1) is 33.1 Å². The van der Waals surface area contributed by atoms with Gasteiger partial charge in [-0.1, -0.05) is 158 Å². The first-order chi connectivity index (χ1) is 30.6. The molecular weight excluding hydrogens is 821 g/mol. The van der Waals surface area contributed by atoms with Gasteiger partial charge in [0.1, 0.15) is 12.5 Å². The van der Waals surface area contributed by atoms with Gasteiger partial charge in [-0.25, -0.2) is 0 Å². The van der Waals surface area contributed by atoms with Gasteiger partial charge in [-0.05, 0) is 92.9 Å². The number of fused-ring (bicyclic) bond motifs is 8. The molecule has 0 amide bonds. The third-order valence-corrected chi connectivity index (χ3v) is 14.3. The minimum Gasteiger partial charge on any atom is -0.681 e. The SMILES string of the molecule is C=Cc1c2[n-]c(c1C)/C=C1\[N-]C(C3=c4[n-]/c(c(C)c4C(=O)[C@@H]3C(=O)OC)=C\c3[n-]/c(c(=C)c3CC)=C\2)[C@@H](CCC(=O)OC/C=C(\C)CCC[C@H](C)CCC[C@H](C)CCCC(C)C)[C@@H]1C.[Mg+2]. The summed E-state index contributed by atoms with van der Waals surface area (Å²) in [6.45, 7) is 28.3. The van der Waals surface area contributed by atoms with Gasteiger partial charge in [-0.2, -0.15) is 5.70 Å². The molecule has 9 nitrogen and oxygen atoms in total. The Balaban J connectivity index is 0.00000793. The van der Waals surface area contributed by atoms with E-state index in [0.717, 1.165) is 69.4 Å². The van der Waals surface area contributed by atoms with Crippen molar-refractivity contribution in [3.05, 3.63) is 95.4 Å². The molecule has 2 aliphatic heterocycles. The number of nitrogens with zero attached hydrogens (tertiary/aromatic N) is 4. The Hall–Kier alpha value is -4.28. The zero-order valence-corrected chi connectivity index (χ0v) is 42.5. The molecule has 1 unspecified atom stereocenters. The van der Waals surface area contributed by atoms with Crippen LogP contribution in [0.1, 0.15) is 169 Å². The second kappa shape index (κ2) is 22.9. The number of ether oxygens (including phenoxy) is 2. The third kappa shape index (κ3) is 11.6. The predicted molar refractivity (Wildman–Crippen MR) is 265 cm³/mol. The predicted octanol–water partition coefficient (Wildman–Crippen LogP) is 8.28. The summed E-state index contributed by atoms with van der Waals surface area (Å²) in [4.78, 5) is 56.5. The molecule has 3 aromatic rings. The summed E-state index contributed by atoms with van der Waals surface area (Å²) in [6.07, 6.45) is 22.3. The van der Waals surface area contributed by atoms with E-state index in [2.05, 4.69) is 61.6 Å². The number of esters is 2. The smallest absolute Gasteiger partial charge is 0.681 e. The Morgan fingerprint density at radius 3 is 2.17 bits per heavy atom. The maximum Gasteiger partial charge on any atom is 2.00 e. The van der Waals surface area contributed by atoms with Crippen LogP contribution < -0.4 is 36.2 Å². The van der Waals surface area contributed by atoms with E-state index in [-0.39, 0.29) is 59.7 Å². The largest absolute Gasteiger partial charge is 2.00 e. The topological polar surface area (TPSA) is 126 Å². The van der Waals surface area contributed by atoms with Crippen LogP contribution in [-0.2, 0) is 25.5 Å². The molecule has 5 heterocycles. The summed E-state index contributed by atoms with van der Waals surface area (Å²) in [6, 6.07) is -0.623. The van der Waals surface area contributed by atoms with E-state index in [1.165, 1.54) is 57.6 Å². The normalized spacial score (nSPS) is 21.6. The number of ketones is 1. The Kier molecular flexibility index (Phi) is 18.3. The van der Waals surface area contributed by atoms with Crippen molar-refractivity contribution in [2.75, 3.05) is 13.7 Å². The van der Waals surface area contributed by atoms with Crippen LogP contribution in [-0.4, -0.2) is 60.5 Å². The molecule has 6 rings (SSSR count). The van der Waals surface area contributed by atoms with E-state index in [0.29, 0.717) is 51.5 Å². The molecule has 65 heavy (non-hydrogen) atoms. The van der Waals surface area contributed by atoms with Gasteiger partial charge in [0.05, 0.1) is 7.11 Å². The van der Waals surface area contributed by atoms with E-state index >= 15 is 0 Å². The van der Waals surface area contributed by atoms with E-state index < -0.39 is 17.9 Å². The standard InChI is InChI=1S/C55H72N4O5.Mg/c1-13-39-35(8)42-28-44-37(10)41(24-25-48(60)64-27-26-34(7)23-17-22-33(6)21-16-20-32(5)19-15-18-31(3)4)52(58-44)50-51(55(62)63-12)54(61)49-38(11)45(59-53(49)50)30-47-40(14-2)36(9)43(57-47)29-46(39)56-42;/h13,26,28-33,37,41,51-52H,1,9,14-25,27H2,2-8,10-12H3;/q-4;+2/b34-26+,43-29-,44-28-,45-30-;/t32-,33-,37+,41+,51-,52?;/m1./s1. The van der Waals surface area contributed by atoms with Crippen LogP contribution in [0.3, 0.4) is 0 Å². The van der Waals surface area contributed by atoms with Crippen LogP contribution in [0.25, 0.3) is 41.8 Å². The summed E-state index contributed by atoms with van der Waals surface area (Å²) in [5.74, 6) is -0.553. The van der Waals surface area contributed by atoms with Gasteiger partial charge in [0, 0.05) is 12.0 Å². The monoisotopic (exact) mass is 893 g/mol. The van der Waals surface area contributed by atoms with Crippen LogP contribution in [0.5, 0.6) is 0 Å². The summed E-state index contributed by atoms with van der Waals surface area (Å²) in [7, 11) is 1.30. The molecule has 0 N–H and O–H groups in total. The molecule has 0 spiro atoms. The zero-order chi connectivity index (χ0) is 46.4. The van der Waals surface area contributed by atoms with E-state index in [1.807, 2.05) is 44.2 Å². The van der Waals surface area contributed by atoms with Gasteiger partial charge in [-0.3, -0.25) is 14.4 Å². The summed E-state index contributed by atoms with van der Waals surface area (Å²) in [5.41, 5.74) is 8.65. The number of methoxy groups -OCH3 is 1. The number of hydrogen-bond donors (Lipinski definition) is 0. The fraction of sp³-hybridized carbons (Fsp3) is 0.545. The van der Waals surface area contributed by atoms with Gasteiger partial charge in [0.2, 0.25) is 0 Å². The fourth-order valence-electron chi connectivity index (χ4n) is 10.2. The first kappa shape index (κ1) is 51.7. The Bertz CT molecular complexity index is 2530. The van der Waals surface area contributed by atoms with E-state index in [4.69, 9.17) is 29.7 Å². The second-order valence-corrected chi connectivity index (χ2v) is 19.5. The van der Waals surface area contributed by atoms with E-state index in [1.54, 1.807) is 0 Å². The first-order valence-electron chi connectivity index (χ1n) is 24.0. The summed E-state index contributed by atoms with van der Waals surface area (Å²) >= 11 is 0. The molecule has 0 radical (unpaired) electrons. The Morgan fingerprint density at radius 2 is 1.52 bits per heavy atom. The summed E-state index contributed by atoms with van der Waals surface area (Å²) < 4.78 is 11.1. The van der Waals surface area contributed by atoms with Crippen LogP contribution in [0, 0.1) is 49.4 Å². The molecule has 1 aliphatic carbocycles. The molecule has 10 heteroatoms. The molecule has 6 atom stereocenters. The average molecular weight is 894 g/mol. The molecular formula is C55H72MgN4O5-2. The van der Waals surface area contributed by atoms with Crippen LogP contribution in [0.4, 0.5) is 0 Å². The Labute approximate surface area is 404 Å². The van der Waals surface area contributed by atoms with Crippen molar-refractivity contribution in [1.29, 1.82) is 0 Å². The molecule has 1 fully saturated rings. The summed E-state index contributed by atoms with van der Waals surface area (Å²) in [5, 5.41) is 7.91. The number of Topliss-reactive ketones (excluding diaryl/α,β-unsaturated/α-hetero) is 1. The number of aromatic nitrogens is 3. The quantitative estimate of drug-likeness (QED) is 0.0481. The maximum atomic E-state index is 14.4. The number of rotatable bonds is 20. The number of carbonyl (C=O) groups is 3. The van der Waals surface area contributed by atoms with Crippen LogP contribution in [0.2, 0.25) is 0 Å². The number of hydrogen-bond acceptors (Lipinski definition) is 5. The maximum absolute atomic E-state index is 14.4. The van der Waals surface area contributed by atoms with Crippen molar-refractivity contribution in [1.82, 2.24) is 15.0 Å². The molecule has 8 bridgehead atoms. The van der Waals surface area contributed by atoms with Crippen molar-refractivity contribution in [3.63, 3.8) is 0 Å². The molecule has 3 aromatic heterocycles. The minimum absolute atomic E-state index is 0. The van der Waals surface area contributed by atoms with Crippen molar-refractivity contribution in [3.8, 4) is 0 Å². The molecule has 0 saturated carbocycles. The second-order valence-electron chi connectivity index (χ2n) is 19.5. The van der Waals surface area contributed by atoms with Gasteiger partial charge < -0.3 is 29.7 Å². The van der Waals surface area contributed by atoms with Gasteiger partial charge in [0.15, 0.2) is 5.78 Å². The van der Waals surface area contributed by atoms with Gasteiger partial charge >= 0.3 is 35.0 Å². The number of allylic oxidation sites excluding steroid dienone is 2. The third-order valence-electron chi connectivity index (χ3n) is 14.3. The van der Waals surface area contributed by atoms with Crippen LogP contribution in [0.15, 0.2) is 23.9 Å². The fourth-order valence-corrected chi connectivity index (χ4v) is 10.2. The average Bonchev–Trinajstić information content (AvgIpc) is 3.99. The Morgan fingerprint density at radius 1 is 0.862 bits per heavy atom. The minimum atomic E-state index is -1.19. The van der Waals surface area contributed by atoms with Crippen molar-refractivity contribution < 1.29 is 23.9 Å². The molecule has 1 saturated heterocycles. The van der Waals surface area contributed by atoms with Crippen molar-refractivity contribution in [2.24, 2.45) is 35.5 Å². The molecule has 346 valence electrons. The number of carbonyl (C=O) groups excluding carboxylic acids is 3. The zero-order valence-electron chi connectivity index (χ0n) is 41.1.